The number of hydrogen-bond acceptors (Lipinski definition) is 4. The Bertz CT molecular complexity index is 648. The highest BCUT2D eigenvalue weighted by Gasteiger charge is 2.16. The summed E-state index contributed by atoms with van der Waals surface area (Å²) in [5.41, 5.74) is 5.56. The monoisotopic (exact) mass is 260 g/mol. The first-order valence-electron chi connectivity index (χ1n) is 5.41. The summed E-state index contributed by atoms with van der Waals surface area (Å²) in [7, 11) is 1.57. The van der Waals surface area contributed by atoms with Gasteiger partial charge in [0.2, 0.25) is 0 Å². The predicted octanol–water partition coefficient (Wildman–Crippen LogP) is 0.477. The zero-order valence-electron chi connectivity index (χ0n) is 10.1. The quantitative estimate of drug-likeness (QED) is 0.745. The van der Waals surface area contributed by atoms with Gasteiger partial charge in [0.25, 0.3) is 11.8 Å². The molecule has 0 atom stereocenters. The third kappa shape index (κ3) is 2.54. The van der Waals surface area contributed by atoms with E-state index in [2.05, 4.69) is 10.4 Å². The molecular weight excluding hydrogens is 248 g/mol. The zero-order chi connectivity index (χ0) is 14.0. The number of carbonyl (C=O) groups excluding carboxylic acids is 2. The van der Waals surface area contributed by atoms with Gasteiger partial charge in [0.05, 0.1) is 6.20 Å². The molecule has 0 radical (unpaired) electrons. The first-order chi connectivity index (χ1) is 8.99. The summed E-state index contributed by atoms with van der Waals surface area (Å²) in [4.78, 5) is 23.2. The Morgan fingerprint density at radius 3 is 2.79 bits per heavy atom. The molecule has 98 valence electrons. The van der Waals surface area contributed by atoms with E-state index < -0.39 is 11.8 Å². The number of amides is 2. The van der Waals surface area contributed by atoms with Crippen LogP contribution in [0.15, 0.2) is 30.5 Å². The van der Waals surface area contributed by atoms with Crippen molar-refractivity contribution in [1.29, 1.82) is 0 Å². The van der Waals surface area contributed by atoms with Crippen LogP contribution in [0.3, 0.4) is 0 Å². The van der Waals surface area contributed by atoms with E-state index in [1.165, 1.54) is 29.1 Å². The molecule has 0 fully saturated rings. The summed E-state index contributed by atoms with van der Waals surface area (Å²) in [6.07, 6.45) is 1.28. The maximum absolute atomic E-state index is 12.0. The van der Waals surface area contributed by atoms with Gasteiger partial charge in [0.1, 0.15) is 17.1 Å². The van der Waals surface area contributed by atoms with Crippen molar-refractivity contribution in [2.24, 2.45) is 12.8 Å². The summed E-state index contributed by atoms with van der Waals surface area (Å²) < 4.78 is 1.33. The normalized spacial score (nSPS) is 10.2. The van der Waals surface area contributed by atoms with Gasteiger partial charge in [-0.15, -0.1) is 0 Å². The molecule has 7 heteroatoms. The second kappa shape index (κ2) is 4.81. The molecule has 1 aromatic carbocycles. The number of hydrogen-bond donors (Lipinski definition) is 3. The number of nitrogens with one attached hydrogen (secondary N) is 1. The highest BCUT2D eigenvalue weighted by molar-refractivity contribution is 6.08. The number of nitrogens with zero attached hydrogens (tertiary/aromatic N) is 2. The number of primary amides is 1. The molecule has 0 saturated heterocycles. The Labute approximate surface area is 108 Å². The summed E-state index contributed by atoms with van der Waals surface area (Å²) in [6.45, 7) is 0. The Morgan fingerprint density at radius 2 is 2.16 bits per heavy atom. The number of aromatic nitrogens is 2. The van der Waals surface area contributed by atoms with Crippen LogP contribution >= 0.6 is 0 Å². The van der Waals surface area contributed by atoms with Crippen molar-refractivity contribution in [3.63, 3.8) is 0 Å². The first kappa shape index (κ1) is 12.6. The standard InChI is InChI=1S/C12H12N4O3/c1-16-11(9(6-14-16)10(13)18)15-12(19)7-3-2-4-8(17)5-7/h2-6,17H,1H3,(H2,13,18)(H,15,19). The van der Waals surface area contributed by atoms with E-state index in [1.54, 1.807) is 13.1 Å². The molecule has 0 bridgehead atoms. The van der Waals surface area contributed by atoms with E-state index in [-0.39, 0.29) is 22.7 Å². The van der Waals surface area contributed by atoms with Crippen molar-refractivity contribution >= 4 is 17.6 Å². The number of phenolic OH excluding ortho intramolecular Hbond substituents is 1. The Kier molecular flexibility index (Phi) is 3.19. The molecule has 0 aliphatic heterocycles. The minimum Gasteiger partial charge on any atom is -0.508 e. The summed E-state index contributed by atoms with van der Waals surface area (Å²) >= 11 is 0. The molecule has 0 spiro atoms. The molecule has 7 nitrogen and oxygen atoms in total. The fourth-order valence-corrected chi connectivity index (χ4v) is 1.59. The van der Waals surface area contributed by atoms with Gasteiger partial charge < -0.3 is 16.2 Å². The molecule has 0 unspecified atom stereocenters. The van der Waals surface area contributed by atoms with Gasteiger partial charge in [-0.25, -0.2) is 0 Å². The van der Waals surface area contributed by atoms with Crippen LogP contribution in [-0.4, -0.2) is 26.7 Å². The van der Waals surface area contributed by atoms with E-state index in [0.29, 0.717) is 0 Å². The maximum Gasteiger partial charge on any atom is 0.256 e. The average Bonchev–Trinajstić information content (AvgIpc) is 2.71. The molecular formula is C12H12N4O3. The number of aryl methyl sites for hydroxylation is 1. The molecule has 1 heterocycles. The number of nitrogens with two attached hydrogens (primary N) is 1. The average molecular weight is 260 g/mol. The third-order valence-electron chi connectivity index (χ3n) is 2.54. The maximum atomic E-state index is 12.0. The second-order valence-corrected chi connectivity index (χ2v) is 3.90. The molecule has 2 amide bonds. The topological polar surface area (TPSA) is 110 Å². The van der Waals surface area contributed by atoms with Crippen molar-refractivity contribution in [2.45, 2.75) is 0 Å². The number of benzene rings is 1. The second-order valence-electron chi connectivity index (χ2n) is 3.90. The summed E-state index contributed by atoms with van der Waals surface area (Å²) in [6, 6.07) is 5.85. The van der Waals surface area contributed by atoms with Crippen molar-refractivity contribution in [3.8, 4) is 5.75 Å². The van der Waals surface area contributed by atoms with Crippen LogP contribution in [0.4, 0.5) is 5.82 Å². The number of anilines is 1. The van der Waals surface area contributed by atoms with Crippen LogP contribution in [0.5, 0.6) is 5.75 Å². The van der Waals surface area contributed by atoms with Crippen LogP contribution in [0, 0.1) is 0 Å². The van der Waals surface area contributed by atoms with E-state index in [0.717, 1.165) is 0 Å². The minimum atomic E-state index is -0.681. The van der Waals surface area contributed by atoms with Gasteiger partial charge in [-0.05, 0) is 18.2 Å². The number of phenols is 1. The van der Waals surface area contributed by atoms with Crippen LogP contribution in [0.2, 0.25) is 0 Å². The van der Waals surface area contributed by atoms with Gasteiger partial charge in [-0.1, -0.05) is 6.07 Å². The van der Waals surface area contributed by atoms with Gasteiger partial charge in [-0.2, -0.15) is 5.10 Å². The van der Waals surface area contributed by atoms with Gasteiger partial charge in [-0.3, -0.25) is 14.3 Å². The van der Waals surface area contributed by atoms with Crippen LogP contribution in [0.25, 0.3) is 0 Å². The van der Waals surface area contributed by atoms with Crippen molar-refractivity contribution in [3.05, 3.63) is 41.6 Å². The van der Waals surface area contributed by atoms with Crippen LogP contribution in [-0.2, 0) is 7.05 Å². The highest BCUT2D eigenvalue weighted by Crippen LogP contribution is 2.16. The van der Waals surface area contributed by atoms with Crippen molar-refractivity contribution in [2.75, 3.05) is 5.32 Å². The molecule has 0 aliphatic carbocycles. The third-order valence-corrected chi connectivity index (χ3v) is 2.54. The Balaban J connectivity index is 2.29. The lowest BCUT2D eigenvalue weighted by Gasteiger charge is -2.07. The van der Waals surface area contributed by atoms with Crippen molar-refractivity contribution < 1.29 is 14.7 Å². The molecule has 0 aliphatic rings. The lowest BCUT2D eigenvalue weighted by atomic mass is 10.2. The number of rotatable bonds is 3. The zero-order valence-corrected chi connectivity index (χ0v) is 10.1. The van der Waals surface area contributed by atoms with Gasteiger partial charge in [0, 0.05) is 12.6 Å². The molecule has 1 aromatic heterocycles. The van der Waals surface area contributed by atoms with Crippen LogP contribution in [0.1, 0.15) is 20.7 Å². The smallest absolute Gasteiger partial charge is 0.256 e. The Morgan fingerprint density at radius 1 is 1.42 bits per heavy atom. The van der Waals surface area contributed by atoms with Gasteiger partial charge in [0.15, 0.2) is 0 Å². The van der Waals surface area contributed by atoms with E-state index in [4.69, 9.17) is 5.73 Å². The van der Waals surface area contributed by atoms with Gasteiger partial charge >= 0.3 is 0 Å². The van der Waals surface area contributed by atoms with Crippen molar-refractivity contribution in [1.82, 2.24) is 9.78 Å². The predicted molar refractivity (Wildman–Crippen MR) is 67.8 cm³/mol. The van der Waals surface area contributed by atoms with Crippen LogP contribution < -0.4 is 11.1 Å². The fourth-order valence-electron chi connectivity index (χ4n) is 1.59. The molecule has 19 heavy (non-hydrogen) atoms. The lowest BCUT2D eigenvalue weighted by molar-refractivity contribution is 0.100. The number of carbonyl (C=O) groups is 2. The SMILES string of the molecule is Cn1ncc(C(N)=O)c1NC(=O)c1cccc(O)c1. The molecule has 4 N–H and O–H groups in total. The minimum absolute atomic E-state index is 0.0206. The van der Waals surface area contributed by atoms with E-state index >= 15 is 0 Å². The summed E-state index contributed by atoms with van der Waals surface area (Å²) in [5.74, 6) is -0.963. The summed E-state index contributed by atoms with van der Waals surface area (Å²) in [5, 5.41) is 15.7. The molecule has 2 rings (SSSR count). The first-order valence-corrected chi connectivity index (χ1v) is 5.41. The van der Waals surface area contributed by atoms with E-state index in [1.807, 2.05) is 0 Å². The fraction of sp³-hybridized carbons (Fsp3) is 0.0833. The molecule has 0 saturated carbocycles. The highest BCUT2D eigenvalue weighted by atomic mass is 16.3. The number of aromatic hydroxyl groups is 1. The largest absolute Gasteiger partial charge is 0.508 e. The van der Waals surface area contributed by atoms with E-state index in [9.17, 15) is 14.7 Å². The Hall–Kier alpha value is -2.83. The molecule has 2 aromatic rings. The lowest BCUT2D eigenvalue weighted by Crippen LogP contribution is -2.19.